The fourth-order valence-corrected chi connectivity index (χ4v) is 4.78. The van der Waals surface area contributed by atoms with Crippen LogP contribution in [-0.4, -0.2) is 38.8 Å². The molecule has 2 aliphatic rings. The lowest BCUT2D eigenvalue weighted by Crippen LogP contribution is -2.43. The number of hydrogen-bond acceptors (Lipinski definition) is 4. The minimum Gasteiger partial charge on any atom is -0.490 e. The van der Waals surface area contributed by atoms with Crippen LogP contribution < -0.4 is 10.1 Å². The third-order valence-electron chi connectivity index (χ3n) is 6.35. The van der Waals surface area contributed by atoms with Gasteiger partial charge in [0.15, 0.2) is 17.4 Å². The van der Waals surface area contributed by atoms with Gasteiger partial charge >= 0.3 is 6.03 Å². The van der Waals surface area contributed by atoms with E-state index in [2.05, 4.69) is 20.1 Å². The van der Waals surface area contributed by atoms with Gasteiger partial charge in [0.25, 0.3) is 0 Å². The second-order valence-corrected chi connectivity index (χ2v) is 8.90. The summed E-state index contributed by atoms with van der Waals surface area (Å²) in [4.78, 5) is 15.1. The molecule has 1 fully saturated rings. The number of nitrogens with one attached hydrogen (secondary N) is 1. The molecule has 3 heterocycles. The number of carbonyl (C=O) groups is 1. The van der Waals surface area contributed by atoms with Crippen molar-refractivity contribution in [3.63, 3.8) is 0 Å². The number of benzene rings is 2. The first-order chi connectivity index (χ1) is 16.0. The maximum absolute atomic E-state index is 14.1. The minimum atomic E-state index is -0.406. The van der Waals surface area contributed by atoms with E-state index in [9.17, 15) is 9.18 Å². The largest absolute Gasteiger partial charge is 0.490 e. The summed E-state index contributed by atoms with van der Waals surface area (Å²) in [5.74, 6) is 1.39. The number of nitrogens with zero attached hydrogens (tertiary/aromatic N) is 4. The van der Waals surface area contributed by atoms with Crippen LogP contribution in [0.25, 0.3) is 0 Å². The van der Waals surface area contributed by atoms with E-state index in [1.54, 1.807) is 12.1 Å². The normalized spacial score (nSPS) is 19.8. The maximum atomic E-state index is 14.1. The van der Waals surface area contributed by atoms with Crippen LogP contribution in [0.5, 0.6) is 5.75 Å². The van der Waals surface area contributed by atoms with Crippen LogP contribution in [0.1, 0.15) is 54.1 Å². The SMILES string of the molecule is Cc1nnc(C2CCCN2C(=O)N[C@H]2CCOc3c(F)cccc32)n1Cc1ccc(Cl)cc1. The van der Waals surface area contributed by atoms with Crippen LogP contribution in [0.15, 0.2) is 42.5 Å². The molecule has 1 unspecified atom stereocenters. The van der Waals surface area contributed by atoms with Gasteiger partial charge in [-0.15, -0.1) is 10.2 Å². The second kappa shape index (κ2) is 9.02. The van der Waals surface area contributed by atoms with Crippen molar-refractivity contribution in [2.24, 2.45) is 0 Å². The number of fused-ring (bicyclic) bond motifs is 1. The van der Waals surface area contributed by atoms with Crippen LogP contribution in [0.3, 0.4) is 0 Å². The smallest absolute Gasteiger partial charge is 0.318 e. The number of aromatic nitrogens is 3. The molecular weight excluding hydrogens is 445 g/mol. The minimum absolute atomic E-state index is 0.176. The van der Waals surface area contributed by atoms with Crippen molar-refractivity contribution in [3.8, 4) is 5.75 Å². The lowest BCUT2D eigenvalue weighted by molar-refractivity contribution is 0.178. The number of carbonyl (C=O) groups excluding carboxylic acids is 1. The lowest BCUT2D eigenvalue weighted by atomic mass is 10.0. The number of amides is 2. The molecule has 1 saturated heterocycles. The van der Waals surface area contributed by atoms with Crippen molar-refractivity contribution in [3.05, 3.63) is 76.1 Å². The van der Waals surface area contributed by atoms with Crippen molar-refractivity contribution in [1.29, 1.82) is 0 Å². The van der Waals surface area contributed by atoms with E-state index in [1.165, 1.54) is 6.07 Å². The van der Waals surface area contributed by atoms with Crippen molar-refractivity contribution in [2.75, 3.05) is 13.2 Å². The van der Waals surface area contributed by atoms with Crippen LogP contribution in [0.4, 0.5) is 9.18 Å². The van der Waals surface area contributed by atoms with Gasteiger partial charge in [0, 0.05) is 23.6 Å². The molecule has 33 heavy (non-hydrogen) atoms. The number of halogens is 2. The first-order valence-corrected chi connectivity index (χ1v) is 11.5. The molecule has 7 nitrogen and oxygen atoms in total. The Balaban J connectivity index is 1.36. The van der Waals surface area contributed by atoms with Crippen molar-refractivity contribution in [1.82, 2.24) is 25.0 Å². The van der Waals surface area contributed by atoms with Gasteiger partial charge < -0.3 is 19.5 Å². The topological polar surface area (TPSA) is 72.3 Å². The fraction of sp³-hybridized carbons (Fsp3) is 0.375. The van der Waals surface area contributed by atoms with Gasteiger partial charge in [-0.2, -0.15) is 0 Å². The molecule has 0 saturated carbocycles. The molecule has 0 aliphatic carbocycles. The lowest BCUT2D eigenvalue weighted by Gasteiger charge is -2.31. The molecule has 5 rings (SSSR count). The molecule has 0 radical (unpaired) electrons. The molecule has 172 valence electrons. The summed E-state index contributed by atoms with van der Waals surface area (Å²) in [6.45, 7) is 3.50. The molecule has 2 aromatic carbocycles. The molecule has 1 aromatic heterocycles. The Bertz CT molecular complexity index is 1170. The number of para-hydroxylation sites is 1. The average Bonchev–Trinajstić information content (AvgIpc) is 3.43. The predicted octanol–water partition coefficient (Wildman–Crippen LogP) is 4.80. The summed E-state index contributed by atoms with van der Waals surface area (Å²) in [7, 11) is 0. The Kier molecular flexibility index (Phi) is 5.93. The summed E-state index contributed by atoms with van der Waals surface area (Å²) < 4.78 is 21.7. The van der Waals surface area contributed by atoms with E-state index in [-0.39, 0.29) is 23.9 Å². The maximum Gasteiger partial charge on any atom is 0.318 e. The quantitative estimate of drug-likeness (QED) is 0.596. The van der Waals surface area contributed by atoms with Crippen molar-refractivity contribution >= 4 is 17.6 Å². The Hall–Kier alpha value is -3.13. The second-order valence-electron chi connectivity index (χ2n) is 8.47. The fourth-order valence-electron chi connectivity index (χ4n) is 4.66. The zero-order chi connectivity index (χ0) is 22.9. The van der Waals surface area contributed by atoms with E-state index < -0.39 is 5.82 Å². The van der Waals surface area contributed by atoms with Crippen LogP contribution in [0, 0.1) is 12.7 Å². The third-order valence-corrected chi connectivity index (χ3v) is 6.61. The molecule has 3 aromatic rings. The number of aryl methyl sites for hydroxylation is 1. The zero-order valence-electron chi connectivity index (χ0n) is 18.3. The zero-order valence-corrected chi connectivity index (χ0v) is 19.1. The molecule has 1 N–H and O–H groups in total. The summed E-state index contributed by atoms with van der Waals surface area (Å²) in [5, 5.41) is 12.5. The molecular formula is C24H25ClFN5O2. The van der Waals surface area contributed by atoms with E-state index in [1.807, 2.05) is 36.1 Å². The van der Waals surface area contributed by atoms with Crippen molar-refractivity contribution in [2.45, 2.75) is 44.8 Å². The average molecular weight is 470 g/mol. The van der Waals surface area contributed by atoms with Gasteiger partial charge in [-0.1, -0.05) is 35.9 Å². The number of rotatable bonds is 4. The monoisotopic (exact) mass is 469 g/mol. The van der Waals surface area contributed by atoms with E-state index in [0.29, 0.717) is 36.7 Å². The van der Waals surface area contributed by atoms with Crippen LogP contribution in [0.2, 0.25) is 5.02 Å². The summed E-state index contributed by atoms with van der Waals surface area (Å²) in [6.07, 6.45) is 2.28. The predicted molar refractivity (Wildman–Crippen MR) is 122 cm³/mol. The molecule has 9 heteroatoms. The van der Waals surface area contributed by atoms with Crippen LogP contribution in [-0.2, 0) is 6.54 Å². The Morgan fingerprint density at radius 1 is 1.21 bits per heavy atom. The van der Waals surface area contributed by atoms with Gasteiger partial charge in [-0.25, -0.2) is 9.18 Å². The highest BCUT2D eigenvalue weighted by molar-refractivity contribution is 6.30. The van der Waals surface area contributed by atoms with Gasteiger partial charge in [-0.05, 0) is 43.5 Å². The highest BCUT2D eigenvalue weighted by Gasteiger charge is 2.36. The highest BCUT2D eigenvalue weighted by atomic mass is 35.5. The first-order valence-electron chi connectivity index (χ1n) is 11.1. The first kappa shape index (κ1) is 21.7. The number of ether oxygens (including phenoxy) is 1. The Labute approximate surface area is 196 Å². The van der Waals surface area contributed by atoms with E-state index in [0.717, 1.165) is 30.1 Å². The van der Waals surface area contributed by atoms with Gasteiger partial charge in [0.05, 0.1) is 25.2 Å². The molecule has 2 amide bonds. The number of hydrogen-bond donors (Lipinski definition) is 1. The van der Waals surface area contributed by atoms with Gasteiger partial charge in [-0.3, -0.25) is 0 Å². The Morgan fingerprint density at radius 2 is 2.03 bits per heavy atom. The summed E-state index contributed by atoms with van der Waals surface area (Å²) in [5.41, 5.74) is 1.76. The summed E-state index contributed by atoms with van der Waals surface area (Å²) in [6, 6.07) is 11.8. The standard InChI is InChI=1S/C24H25ClFN5O2/c1-15-28-29-23(31(15)14-16-7-9-17(25)10-8-16)21-6-3-12-30(21)24(32)27-20-11-13-33-22-18(20)4-2-5-19(22)26/h2,4-5,7-10,20-21H,3,6,11-14H2,1H3,(H,27,32)/t20-,21?/m0/s1. The number of likely N-dealkylation sites (tertiary alicyclic amines) is 1. The highest BCUT2D eigenvalue weighted by Crippen LogP contribution is 2.36. The van der Waals surface area contributed by atoms with Gasteiger partial charge in [0.2, 0.25) is 0 Å². The van der Waals surface area contributed by atoms with Gasteiger partial charge in [0.1, 0.15) is 5.82 Å². The Morgan fingerprint density at radius 3 is 2.85 bits per heavy atom. The molecule has 2 aliphatic heterocycles. The number of urea groups is 1. The molecule has 0 bridgehead atoms. The van der Waals surface area contributed by atoms with Crippen LogP contribution >= 0.6 is 11.6 Å². The third kappa shape index (κ3) is 4.27. The summed E-state index contributed by atoms with van der Waals surface area (Å²) >= 11 is 6.02. The van der Waals surface area contributed by atoms with Crippen molar-refractivity contribution < 1.29 is 13.9 Å². The van der Waals surface area contributed by atoms with E-state index >= 15 is 0 Å². The molecule has 0 spiro atoms. The molecule has 2 atom stereocenters. The van der Waals surface area contributed by atoms with E-state index in [4.69, 9.17) is 16.3 Å².